The number of pyridine rings is 1. The normalized spacial score (nSPS) is 19.4. The molecule has 10 heteroatoms. The average molecular weight is 475 g/mol. The van der Waals surface area contributed by atoms with Gasteiger partial charge in [-0.05, 0) is 25.8 Å². The van der Waals surface area contributed by atoms with E-state index in [1.54, 1.807) is 4.90 Å². The lowest BCUT2D eigenvalue weighted by Crippen LogP contribution is -2.57. The van der Waals surface area contributed by atoms with Crippen LogP contribution in [-0.4, -0.2) is 46.8 Å². The molecule has 3 heterocycles. The van der Waals surface area contributed by atoms with E-state index >= 15 is 0 Å². The number of hydrogen-bond donors (Lipinski definition) is 1. The van der Waals surface area contributed by atoms with Crippen molar-refractivity contribution in [3.63, 3.8) is 0 Å². The molecule has 1 aromatic heterocycles. The predicted octanol–water partition coefficient (Wildman–Crippen LogP) is 2.83. The molecular formula is C24H27F2N3O5. The Hall–Kier alpha value is -3.27. The fourth-order valence-electron chi connectivity index (χ4n) is 4.19. The molecule has 1 aromatic carbocycles. The van der Waals surface area contributed by atoms with Gasteiger partial charge >= 0.3 is 0 Å². The molecule has 34 heavy (non-hydrogen) atoms. The first-order valence-corrected chi connectivity index (χ1v) is 11.4. The molecule has 1 saturated heterocycles. The number of carbonyl (C=O) groups excluding carboxylic acids is 2. The lowest BCUT2D eigenvalue weighted by atomic mass is 10.1. The summed E-state index contributed by atoms with van der Waals surface area (Å²) in [7, 11) is 0. The molecule has 8 nitrogen and oxygen atoms in total. The number of halogens is 2. The molecule has 0 unspecified atom stereocenters. The molecule has 0 aliphatic carbocycles. The quantitative estimate of drug-likeness (QED) is 0.622. The highest BCUT2D eigenvalue weighted by Gasteiger charge is 2.41. The van der Waals surface area contributed by atoms with Gasteiger partial charge in [-0.15, -0.1) is 0 Å². The molecule has 2 aliphatic heterocycles. The minimum Gasteiger partial charge on any atom is -0.487 e. The number of ether oxygens (including phenoxy) is 2. The smallest absolute Gasteiger partial charge is 0.276 e. The van der Waals surface area contributed by atoms with Gasteiger partial charge in [-0.25, -0.2) is 8.78 Å². The van der Waals surface area contributed by atoms with Crippen LogP contribution in [0.2, 0.25) is 0 Å². The summed E-state index contributed by atoms with van der Waals surface area (Å²) in [6.07, 6.45) is 2.97. The molecular weight excluding hydrogens is 448 g/mol. The van der Waals surface area contributed by atoms with E-state index in [0.29, 0.717) is 19.4 Å². The van der Waals surface area contributed by atoms with Gasteiger partial charge in [0, 0.05) is 30.4 Å². The maximum Gasteiger partial charge on any atom is 0.276 e. The number of nitrogens with one attached hydrogen (secondary N) is 1. The Morgan fingerprint density at radius 3 is 2.82 bits per heavy atom. The molecule has 2 atom stereocenters. The Bertz CT molecular complexity index is 1170. The van der Waals surface area contributed by atoms with E-state index in [1.807, 2.05) is 13.8 Å². The highest BCUT2D eigenvalue weighted by Crippen LogP contribution is 2.30. The molecule has 2 amide bonds. The number of amides is 2. The minimum atomic E-state index is -0.805. The zero-order valence-electron chi connectivity index (χ0n) is 19.1. The standard InChI is InChI=1S/C24H27F2N3O5/c1-3-4-8-34-22-20-24(32)29-14(2)7-9-33-19(29)13-28(20)12-17(21(22)30)23(31)27-11-15-5-6-16(25)10-18(15)26/h5-6,10,12,14,19H,3-4,7-9,11,13H2,1-2H3,(H,27,31)/t14-,19-/m1/s1. The predicted molar refractivity (Wildman–Crippen MR) is 119 cm³/mol. The van der Waals surface area contributed by atoms with Gasteiger partial charge in [0.25, 0.3) is 11.8 Å². The Labute approximate surface area is 195 Å². The number of nitrogens with zero attached hydrogens (tertiary/aromatic N) is 2. The third-order valence-corrected chi connectivity index (χ3v) is 6.10. The minimum absolute atomic E-state index is 0.0628. The van der Waals surface area contributed by atoms with E-state index in [0.717, 1.165) is 18.6 Å². The summed E-state index contributed by atoms with van der Waals surface area (Å²) in [5.74, 6) is -2.84. The van der Waals surface area contributed by atoms with Crippen LogP contribution in [0.25, 0.3) is 0 Å². The second-order valence-electron chi connectivity index (χ2n) is 8.50. The van der Waals surface area contributed by atoms with E-state index in [1.165, 1.54) is 16.8 Å². The van der Waals surface area contributed by atoms with E-state index in [9.17, 15) is 23.2 Å². The summed E-state index contributed by atoms with van der Waals surface area (Å²) in [6.45, 7) is 4.60. The summed E-state index contributed by atoms with van der Waals surface area (Å²) in [4.78, 5) is 41.1. The van der Waals surface area contributed by atoms with Crippen LogP contribution in [0.15, 0.2) is 29.2 Å². The summed E-state index contributed by atoms with van der Waals surface area (Å²) >= 11 is 0. The van der Waals surface area contributed by atoms with Gasteiger partial charge in [-0.3, -0.25) is 14.4 Å². The van der Waals surface area contributed by atoms with Crippen molar-refractivity contribution in [3.05, 3.63) is 63.1 Å². The lowest BCUT2D eigenvalue weighted by molar-refractivity contribution is -0.112. The summed E-state index contributed by atoms with van der Waals surface area (Å²) in [5.41, 5.74) is -0.779. The maximum atomic E-state index is 13.9. The van der Waals surface area contributed by atoms with Crippen LogP contribution >= 0.6 is 0 Å². The van der Waals surface area contributed by atoms with Crippen LogP contribution in [0.5, 0.6) is 5.75 Å². The number of hydrogen-bond acceptors (Lipinski definition) is 5. The van der Waals surface area contributed by atoms with Gasteiger partial charge in [0.15, 0.2) is 17.7 Å². The van der Waals surface area contributed by atoms with Gasteiger partial charge in [0.05, 0.1) is 19.8 Å². The SMILES string of the molecule is CCCCOc1c2n(cc(C(=O)NCc3ccc(F)cc3F)c1=O)C[C@H]1OCC[C@@H](C)N1C2=O. The number of rotatable bonds is 7. The van der Waals surface area contributed by atoms with Gasteiger partial charge in [0.1, 0.15) is 17.2 Å². The van der Waals surface area contributed by atoms with E-state index in [-0.39, 0.29) is 54.2 Å². The van der Waals surface area contributed by atoms with Crippen LogP contribution in [-0.2, 0) is 17.8 Å². The third kappa shape index (κ3) is 4.54. The lowest BCUT2D eigenvalue weighted by Gasteiger charge is -2.44. The summed E-state index contributed by atoms with van der Waals surface area (Å²) in [6, 6.07) is 2.96. The molecule has 182 valence electrons. The molecule has 0 spiro atoms. The van der Waals surface area contributed by atoms with Crippen molar-refractivity contribution in [2.45, 2.75) is 58.5 Å². The molecule has 1 N–H and O–H groups in total. The first-order valence-electron chi connectivity index (χ1n) is 11.4. The average Bonchev–Trinajstić information content (AvgIpc) is 2.79. The third-order valence-electron chi connectivity index (χ3n) is 6.10. The van der Waals surface area contributed by atoms with E-state index in [2.05, 4.69) is 5.32 Å². The van der Waals surface area contributed by atoms with Gasteiger partial charge < -0.3 is 24.3 Å². The van der Waals surface area contributed by atoms with E-state index < -0.39 is 29.2 Å². The first kappa shape index (κ1) is 23.9. The Morgan fingerprint density at radius 2 is 2.09 bits per heavy atom. The van der Waals surface area contributed by atoms with Crippen LogP contribution in [0, 0.1) is 11.6 Å². The number of unbranched alkanes of at least 4 members (excludes halogenated alkanes) is 1. The molecule has 0 radical (unpaired) electrons. The molecule has 0 saturated carbocycles. The second kappa shape index (κ2) is 9.92. The first-order chi connectivity index (χ1) is 16.3. The van der Waals surface area contributed by atoms with Gasteiger partial charge in [-0.1, -0.05) is 19.4 Å². The highest BCUT2D eigenvalue weighted by atomic mass is 19.1. The summed E-state index contributed by atoms with van der Waals surface area (Å²) < 4.78 is 40.1. The van der Waals surface area contributed by atoms with Gasteiger partial charge in [-0.2, -0.15) is 0 Å². The Kier molecular flexibility index (Phi) is 6.97. The van der Waals surface area contributed by atoms with Crippen molar-refractivity contribution in [1.29, 1.82) is 0 Å². The fourth-order valence-corrected chi connectivity index (χ4v) is 4.19. The maximum absolute atomic E-state index is 13.9. The largest absolute Gasteiger partial charge is 0.487 e. The zero-order chi connectivity index (χ0) is 24.4. The molecule has 2 aromatic rings. The van der Waals surface area contributed by atoms with Crippen LogP contribution in [0.4, 0.5) is 8.78 Å². The zero-order valence-corrected chi connectivity index (χ0v) is 19.1. The Balaban J connectivity index is 1.68. The van der Waals surface area contributed by atoms with Crippen molar-refractivity contribution in [3.8, 4) is 5.75 Å². The van der Waals surface area contributed by atoms with Crippen molar-refractivity contribution < 1.29 is 27.8 Å². The molecule has 4 rings (SSSR count). The number of carbonyl (C=O) groups is 2. The van der Waals surface area contributed by atoms with Crippen molar-refractivity contribution in [2.75, 3.05) is 13.2 Å². The summed E-state index contributed by atoms with van der Waals surface area (Å²) in [5, 5.41) is 2.50. The van der Waals surface area contributed by atoms with Crippen molar-refractivity contribution >= 4 is 11.8 Å². The van der Waals surface area contributed by atoms with Crippen molar-refractivity contribution in [2.24, 2.45) is 0 Å². The highest BCUT2D eigenvalue weighted by molar-refractivity contribution is 5.99. The van der Waals surface area contributed by atoms with E-state index in [4.69, 9.17) is 9.47 Å². The Morgan fingerprint density at radius 1 is 1.29 bits per heavy atom. The van der Waals surface area contributed by atoms with Gasteiger partial charge in [0.2, 0.25) is 5.43 Å². The number of benzene rings is 1. The molecule has 0 bridgehead atoms. The monoisotopic (exact) mass is 475 g/mol. The molecule has 2 aliphatic rings. The fraction of sp³-hybridized carbons (Fsp3) is 0.458. The number of aromatic nitrogens is 1. The second-order valence-corrected chi connectivity index (χ2v) is 8.50. The number of fused-ring (bicyclic) bond motifs is 2. The van der Waals surface area contributed by atoms with Crippen LogP contribution in [0.3, 0.4) is 0 Å². The van der Waals surface area contributed by atoms with Crippen LogP contribution in [0.1, 0.15) is 59.5 Å². The van der Waals surface area contributed by atoms with Crippen LogP contribution < -0.4 is 15.5 Å². The van der Waals surface area contributed by atoms with Crippen molar-refractivity contribution in [1.82, 2.24) is 14.8 Å². The topological polar surface area (TPSA) is 89.9 Å². The molecule has 1 fully saturated rings.